The van der Waals surface area contributed by atoms with Gasteiger partial charge in [0.05, 0.1) is 10.4 Å². The molecule has 1 saturated heterocycles. The zero-order valence-corrected chi connectivity index (χ0v) is 13.9. The Balaban J connectivity index is 1.47. The Morgan fingerprint density at radius 1 is 1.04 bits per heavy atom. The van der Waals surface area contributed by atoms with Gasteiger partial charge in [0.15, 0.2) is 0 Å². The maximum atomic E-state index is 13.8. The highest BCUT2D eigenvalue weighted by molar-refractivity contribution is 7.20. The predicted molar refractivity (Wildman–Crippen MR) is 93.6 cm³/mol. The summed E-state index contributed by atoms with van der Waals surface area (Å²) in [4.78, 5) is 8.67. The number of hydrogen-bond acceptors (Lipinski definition) is 4. The minimum atomic E-state index is -0.143. The van der Waals surface area contributed by atoms with Crippen LogP contribution in [0.3, 0.4) is 0 Å². The molecule has 0 unspecified atom stereocenters. The van der Waals surface area contributed by atoms with Crippen molar-refractivity contribution in [1.82, 2.24) is 9.88 Å². The minimum Gasteiger partial charge on any atom is -0.367 e. The third-order valence-corrected chi connectivity index (χ3v) is 5.26. The predicted octanol–water partition coefficient (Wildman–Crippen LogP) is 3.90. The highest BCUT2D eigenvalue weighted by atomic mass is 32.1. The molecule has 1 aliphatic heterocycles. The van der Waals surface area contributed by atoms with Crippen LogP contribution in [0.5, 0.6) is 5.19 Å². The van der Waals surface area contributed by atoms with Gasteiger partial charge in [-0.1, -0.05) is 35.6 Å². The van der Waals surface area contributed by atoms with Gasteiger partial charge in [0.25, 0.3) is 0 Å². The summed E-state index contributed by atoms with van der Waals surface area (Å²) in [5.74, 6) is -0.143. The van der Waals surface area contributed by atoms with Crippen molar-refractivity contribution in [3.8, 4) is 5.19 Å². The lowest BCUT2D eigenvalue weighted by Crippen LogP contribution is -2.46. The van der Waals surface area contributed by atoms with Crippen LogP contribution in [0.4, 0.5) is 10.1 Å². The van der Waals surface area contributed by atoms with E-state index in [2.05, 4.69) is 14.8 Å². The van der Waals surface area contributed by atoms with Gasteiger partial charge in [0.2, 0.25) is 0 Å². The van der Waals surface area contributed by atoms with Gasteiger partial charge in [0, 0.05) is 38.3 Å². The fraction of sp³-hybridized carbons (Fsp3) is 0.278. The topological polar surface area (TPSA) is 39.3 Å². The molecule has 1 radical (unpaired) electrons. The molecule has 0 amide bonds. The summed E-state index contributed by atoms with van der Waals surface area (Å²) in [5.41, 5.74) is 2.56. The number of halogens is 1. The van der Waals surface area contributed by atoms with E-state index in [1.807, 2.05) is 30.3 Å². The van der Waals surface area contributed by atoms with Gasteiger partial charge in [0.1, 0.15) is 11.3 Å². The van der Waals surface area contributed by atoms with Crippen molar-refractivity contribution in [2.75, 3.05) is 31.1 Å². The standard InChI is InChI=1S/C18H17FN3OS/c19-14-5-2-1-4-13(14)12-21-8-10-22(11-9-21)15-6-3-7-16-17(15)20-18(23)24-16/h1-7H,8-12H2. The first-order valence-electron chi connectivity index (χ1n) is 7.98. The number of fused-ring (bicyclic) bond motifs is 1. The van der Waals surface area contributed by atoms with Crippen molar-refractivity contribution < 1.29 is 9.50 Å². The normalized spacial score (nSPS) is 16.0. The van der Waals surface area contributed by atoms with Crippen LogP contribution in [0.2, 0.25) is 0 Å². The Morgan fingerprint density at radius 3 is 2.62 bits per heavy atom. The molecule has 1 aromatic heterocycles. The molecule has 1 aliphatic rings. The highest BCUT2D eigenvalue weighted by Gasteiger charge is 2.21. The van der Waals surface area contributed by atoms with Gasteiger partial charge >= 0.3 is 5.19 Å². The summed E-state index contributed by atoms with van der Waals surface area (Å²) in [6.07, 6.45) is 0. The average Bonchev–Trinajstić information content (AvgIpc) is 2.98. The summed E-state index contributed by atoms with van der Waals surface area (Å²) in [6.45, 7) is 4.04. The molecule has 4 nitrogen and oxygen atoms in total. The summed E-state index contributed by atoms with van der Waals surface area (Å²) in [5, 5.41) is 11.4. The van der Waals surface area contributed by atoms with Crippen molar-refractivity contribution in [1.29, 1.82) is 0 Å². The molecule has 0 spiro atoms. The van der Waals surface area contributed by atoms with Gasteiger partial charge in [-0.3, -0.25) is 10.0 Å². The number of thiazole rings is 1. The van der Waals surface area contributed by atoms with E-state index >= 15 is 0 Å². The van der Waals surface area contributed by atoms with Gasteiger partial charge in [-0.2, -0.15) is 4.98 Å². The van der Waals surface area contributed by atoms with Crippen LogP contribution in [-0.2, 0) is 11.7 Å². The second-order valence-corrected chi connectivity index (χ2v) is 6.95. The van der Waals surface area contributed by atoms with Crippen molar-refractivity contribution >= 4 is 27.2 Å². The number of piperazine rings is 1. The minimum absolute atomic E-state index is 0.143. The van der Waals surface area contributed by atoms with Crippen molar-refractivity contribution in [2.24, 2.45) is 0 Å². The molecule has 0 bridgehead atoms. The number of benzene rings is 2. The number of aromatic nitrogens is 1. The zero-order chi connectivity index (χ0) is 16.5. The lowest BCUT2D eigenvalue weighted by molar-refractivity contribution is 0.247. The van der Waals surface area contributed by atoms with Crippen LogP contribution in [0.1, 0.15) is 5.56 Å². The van der Waals surface area contributed by atoms with Crippen LogP contribution in [0.15, 0.2) is 42.5 Å². The molecule has 0 N–H and O–H groups in total. The average molecular weight is 342 g/mol. The molecular weight excluding hydrogens is 325 g/mol. The second kappa shape index (κ2) is 6.37. The molecule has 0 saturated carbocycles. The van der Waals surface area contributed by atoms with E-state index in [1.165, 1.54) is 17.4 Å². The highest BCUT2D eigenvalue weighted by Crippen LogP contribution is 2.34. The molecule has 3 aromatic rings. The lowest BCUT2D eigenvalue weighted by Gasteiger charge is -2.36. The first-order valence-corrected chi connectivity index (χ1v) is 8.79. The van der Waals surface area contributed by atoms with E-state index in [-0.39, 0.29) is 11.0 Å². The molecule has 1 fully saturated rings. The van der Waals surface area contributed by atoms with Gasteiger partial charge in [-0.05, 0) is 18.2 Å². The largest absolute Gasteiger partial charge is 0.367 e. The van der Waals surface area contributed by atoms with Crippen LogP contribution < -0.4 is 4.90 Å². The SMILES string of the molecule is [O]c1nc2c(N3CCN(Cc4ccccc4F)CC3)cccc2s1. The van der Waals surface area contributed by atoms with Crippen molar-refractivity contribution in [3.63, 3.8) is 0 Å². The first kappa shape index (κ1) is 15.4. The maximum Gasteiger partial charge on any atom is 0.327 e. The van der Waals surface area contributed by atoms with E-state index in [0.717, 1.165) is 47.6 Å². The Kier molecular flexibility index (Phi) is 4.08. The molecule has 123 valence electrons. The van der Waals surface area contributed by atoms with E-state index in [0.29, 0.717) is 6.54 Å². The Labute approximate surface area is 143 Å². The Bertz CT molecular complexity index is 858. The van der Waals surface area contributed by atoms with Crippen molar-refractivity contribution in [3.05, 3.63) is 53.8 Å². The number of hydrogen-bond donors (Lipinski definition) is 0. The third-order valence-electron chi connectivity index (χ3n) is 4.44. The lowest BCUT2D eigenvalue weighted by atomic mass is 10.1. The summed E-state index contributed by atoms with van der Waals surface area (Å²) >= 11 is 1.19. The Hall–Kier alpha value is -2.18. The van der Waals surface area contributed by atoms with E-state index in [4.69, 9.17) is 0 Å². The maximum absolute atomic E-state index is 13.8. The first-order chi connectivity index (χ1) is 11.7. The quantitative estimate of drug-likeness (QED) is 0.725. The molecule has 24 heavy (non-hydrogen) atoms. The van der Waals surface area contributed by atoms with E-state index in [9.17, 15) is 9.50 Å². The molecule has 0 aliphatic carbocycles. The fourth-order valence-corrected chi connectivity index (χ4v) is 3.90. The number of anilines is 1. The summed E-state index contributed by atoms with van der Waals surface area (Å²) < 4.78 is 14.7. The number of para-hydroxylation sites is 1. The van der Waals surface area contributed by atoms with Crippen LogP contribution in [0.25, 0.3) is 10.2 Å². The molecule has 0 atom stereocenters. The summed E-state index contributed by atoms with van der Waals surface area (Å²) in [7, 11) is 0. The molecule has 6 heteroatoms. The van der Waals surface area contributed by atoms with Crippen molar-refractivity contribution in [2.45, 2.75) is 6.54 Å². The van der Waals surface area contributed by atoms with Crippen LogP contribution in [0, 0.1) is 5.82 Å². The third kappa shape index (κ3) is 2.95. The number of rotatable bonds is 3. The molecule has 2 aromatic carbocycles. The van der Waals surface area contributed by atoms with Gasteiger partial charge in [-0.15, -0.1) is 0 Å². The molecular formula is C18H17FN3OS. The summed E-state index contributed by atoms with van der Waals surface area (Å²) in [6, 6.07) is 12.9. The smallest absolute Gasteiger partial charge is 0.327 e. The van der Waals surface area contributed by atoms with Crippen LogP contribution in [-0.4, -0.2) is 36.1 Å². The Morgan fingerprint density at radius 2 is 1.83 bits per heavy atom. The van der Waals surface area contributed by atoms with E-state index in [1.54, 1.807) is 6.07 Å². The van der Waals surface area contributed by atoms with Gasteiger partial charge in [-0.25, -0.2) is 4.39 Å². The van der Waals surface area contributed by atoms with E-state index < -0.39 is 0 Å². The molecule has 2 heterocycles. The monoisotopic (exact) mass is 342 g/mol. The van der Waals surface area contributed by atoms with Crippen LogP contribution >= 0.6 is 11.3 Å². The molecule has 4 rings (SSSR count). The van der Waals surface area contributed by atoms with Gasteiger partial charge < -0.3 is 4.90 Å². The fourth-order valence-electron chi connectivity index (χ4n) is 3.18. The number of nitrogens with zero attached hydrogens (tertiary/aromatic N) is 3. The second-order valence-electron chi connectivity index (χ2n) is 5.96. The zero-order valence-electron chi connectivity index (χ0n) is 13.1.